The van der Waals surface area contributed by atoms with Gasteiger partial charge in [-0.1, -0.05) is 18.2 Å². The van der Waals surface area contributed by atoms with Gasteiger partial charge in [0.05, 0.1) is 16.9 Å². The summed E-state index contributed by atoms with van der Waals surface area (Å²) in [5, 5.41) is 2.48. The van der Waals surface area contributed by atoms with Crippen LogP contribution in [0, 0.1) is 0 Å². The lowest BCUT2D eigenvalue weighted by molar-refractivity contribution is -0.137. The first-order chi connectivity index (χ1) is 11.1. The van der Waals surface area contributed by atoms with Crippen molar-refractivity contribution in [3.8, 4) is 11.3 Å². The predicted octanol–water partition coefficient (Wildman–Crippen LogP) is 5.11. The smallest absolute Gasteiger partial charge is 0.418 e. The van der Waals surface area contributed by atoms with E-state index < -0.39 is 23.4 Å². The molecule has 4 nitrogen and oxygen atoms in total. The maximum Gasteiger partial charge on any atom is 0.418 e. The highest BCUT2D eigenvalue weighted by Gasteiger charge is 2.34. The Morgan fingerprint density at radius 2 is 1.75 bits per heavy atom. The van der Waals surface area contributed by atoms with Gasteiger partial charge in [-0.25, -0.2) is 4.79 Å². The molecule has 2 aromatic rings. The van der Waals surface area contributed by atoms with Crippen LogP contribution in [0.25, 0.3) is 11.3 Å². The van der Waals surface area contributed by atoms with Crippen LogP contribution in [0.15, 0.2) is 42.6 Å². The van der Waals surface area contributed by atoms with Crippen LogP contribution in [-0.4, -0.2) is 16.7 Å². The zero-order chi connectivity index (χ0) is 18.0. The summed E-state index contributed by atoms with van der Waals surface area (Å²) in [5.74, 6) is 0. The quantitative estimate of drug-likeness (QED) is 0.827. The molecular formula is C17H17F3N2O2. The Morgan fingerprint density at radius 3 is 2.38 bits per heavy atom. The van der Waals surface area contributed by atoms with E-state index in [1.165, 1.54) is 24.4 Å². The Morgan fingerprint density at radius 1 is 1.08 bits per heavy atom. The first kappa shape index (κ1) is 17.8. The molecule has 0 bridgehead atoms. The highest BCUT2D eigenvalue weighted by Crippen LogP contribution is 2.38. The second-order valence-electron chi connectivity index (χ2n) is 6.07. The number of nitrogens with one attached hydrogen (secondary N) is 1. The Kier molecular flexibility index (Phi) is 4.82. The van der Waals surface area contributed by atoms with E-state index in [1.54, 1.807) is 32.9 Å². The molecule has 0 spiro atoms. The van der Waals surface area contributed by atoms with Crippen molar-refractivity contribution in [2.24, 2.45) is 0 Å². The maximum absolute atomic E-state index is 13.2. The zero-order valence-electron chi connectivity index (χ0n) is 13.4. The largest absolute Gasteiger partial charge is 0.444 e. The summed E-state index contributed by atoms with van der Waals surface area (Å²) < 4.78 is 44.7. The molecule has 1 amide bonds. The van der Waals surface area contributed by atoms with Crippen LogP contribution in [0.2, 0.25) is 0 Å². The molecule has 0 aliphatic heterocycles. The van der Waals surface area contributed by atoms with Gasteiger partial charge >= 0.3 is 12.3 Å². The van der Waals surface area contributed by atoms with E-state index in [-0.39, 0.29) is 16.9 Å². The van der Waals surface area contributed by atoms with Crippen molar-refractivity contribution >= 4 is 11.8 Å². The van der Waals surface area contributed by atoms with Crippen LogP contribution in [0.4, 0.5) is 23.7 Å². The fourth-order valence-electron chi connectivity index (χ4n) is 2.06. The molecular weight excluding hydrogens is 321 g/mol. The van der Waals surface area contributed by atoms with Crippen LogP contribution >= 0.6 is 0 Å². The van der Waals surface area contributed by atoms with Crippen molar-refractivity contribution in [3.63, 3.8) is 0 Å². The molecule has 1 N–H and O–H groups in total. The van der Waals surface area contributed by atoms with E-state index in [0.29, 0.717) is 0 Å². The van der Waals surface area contributed by atoms with E-state index >= 15 is 0 Å². The van der Waals surface area contributed by atoms with Gasteiger partial charge < -0.3 is 4.74 Å². The van der Waals surface area contributed by atoms with Crippen LogP contribution in [-0.2, 0) is 10.9 Å². The molecule has 0 saturated carbocycles. The normalized spacial score (nSPS) is 11.9. The van der Waals surface area contributed by atoms with Crippen LogP contribution in [0.3, 0.4) is 0 Å². The van der Waals surface area contributed by atoms with Crippen molar-refractivity contribution in [2.75, 3.05) is 5.32 Å². The number of carbonyl (C=O) groups excluding carboxylic acids is 1. The number of amides is 1. The van der Waals surface area contributed by atoms with Crippen molar-refractivity contribution < 1.29 is 22.7 Å². The number of anilines is 1. The highest BCUT2D eigenvalue weighted by molar-refractivity contribution is 5.91. The number of alkyl halides is 3. The van der Waals surface area contributed by atoms with Gasteiger partial charge in [-0.05, 0) is 39.0 Å². The number of carbonyl (C=O) groups is 1. The summed E-state index contributed by atoms with van der Waals surface area (Å²) in [7, 11) is 0. The van der Waals surface area contributed by atoms with Crippen molar-refractivity contribution in [2.45, 2.75) is 32.5 Å². The molecule has 0 saturated heterocycles. The third-order valence-electron chi connectivity index (χ3n) is 2.93. The van der Waals surface area contributed by atoms with Gasteiger partial charge in [0.25, 0.3) is 0 Å². The first-order valence-electron chi connectivity index (χ1n) is 7.19. The number of halogens is 3. The number of hydrogen-bond donors (Lipinski definition) is 1. The third-order valence-corrected chi connectivity index (χ3v) is 2.93. The summed E-state index contributed by atoms with van der Waals surface area (Å²) in [4.78, 5) is 15.8. The first-order valence-corrected chi connectivity index (χ1v) is 7.19. The molecule has 1 heterocycles. The monoisotopic (exact) mass is 338 g/mol. The number of pyridine rings is 1. The molecule has 0 radical (unpaired) electrons. The van der Waals surface area contributed by atoms with Crippen LogP contribution < -0.4 is 5.32 Å². The molecule has 7 heteroatoms. The van der Waals surface area contributed by atoms with E-state index in [0.717, 1.165) is 6.07 Å². The Balaban J connectivity index is 2.42. The minimum absolute atomic E-state index is 0.163. The third kappa shape index (κ3) is 4.47. The topological polar surface area (TPSA) is 51.2 Å². The molecule has 0 aliphatic carbocycles. The lowest BCUT2D eigenvalue weighted by atomic mass is 10.0. The number of rotatable bonds is 2. The van der Waals surface area contributed by atoms with Gasteiger partial charge in [-0.15, -0.1) is 0 Å². The Bertz CT molecular complexity index is 737. The predicted molar refractivity (Wildman–Crippen MR) is 84.5 cm³/mol. The molecule has 0 fully saturated rings. The van der Waals surface area contributed by atoms with Crippen LogP contribution in [0.5, 0.6) is 0 Å². The Hall–Kier alpha value is -2.57. The van der Waals surface area contributed by atoms with Gasteiger partial charge in [0.15, 0.2) is 0 Å². The Labute approximate surface area is 137 Å². The van der Waals surface area contributed by atoms with E-state index in [4.69, 9.17) is 4.74 Å². The summed E-state index contributed by atoms with van der Waals surface area (Å²) in [6.45, 7) is 5.08. The lowest BCUT2D eigenvalue weighted by Gasteiger charge is -2.21. The number of aromatic nitrogens is 1. The summed E-state index contributed by atoms with van der Waals surface area (Å²) in [6, 6.07) is 8.30. The highest BCUT2D eigenvalue weighted by atomic mass is 19.4. The van der Waals surface area contributed by atoms with E-state index in [2.05, 4.69) is 10.3 Å². The molecule has 128 valence electrons. The number of ether oxygens (including phenoxy) is 1. The van der Waals surface area contributed by atoms with Crippen molar-refractivity contribution in [1.29, 1.82) is 0 Å². The molecule has 0 unspecified atom stereocenters. The fourth-order valence-corrected chi connectivity index (χ4v) is 2.06. The van der Waals surface area contributed by atoms with Gasteiger partial charge in [0.2, 0.25) is 0 Å². The lowest BCUT2D eigenvalue weighted by Crippen LogP contribution is -2.27. The zero-order valence-corrected chi connectivity index (χ0v) is 13.4. The number of nitrogens with zero attached hydrogens (tertiary/aromatic N) is 1. The molecule has 24 heavy (non-hydrogen) atoms. The minimum Gasteiger partial charge on any atom is -0.444 e. The molecule has 1 aromatic heterocycles. The van der Waals surface area contributed by atoms with Gasteiger partial charge in [-0.2, -0.15) is 13.2 Å². The summed E-state index contributed by atoms with van der Waals surface area (Å²) in [6.07, 6.45) is -4.03. The number of para-hydroxylation sites is 1. The van der Waals surface area contributed by atoms with Gasteiger partial charge in [0.1, 0.15) is 5.60 Å². The summed E-state index contributed by atoms with van der Waals surface area (Å²) >= 11 is 0. The van der Waals surface area contributed by atoms with Gasteiger partial charge in [-0.3, -0.25) is 10.3 Å². The summed E-state index contributed by atoms with van der Waals surface area (Å²) in [5.41, 5.74) is -1.49. The average Bonchev–Trinajstić information content (AvgIpc) is 2.45. The standard InChI is InChI=1S/C17H17F3N2O2/c1-16(2,3)24-15(23)22-13-9-5-4-7-11(13)14-12(17(18,19)20)8-6-10-21-14/h4-10H,1-3H3,(H,22,23). The van der Waals surface area contributed by atoms with Gasteiger partial charge in [0, 0.05) is 11.8 Å². The molecule has 0 aliphatic rings. The number of benzene rings is 1. The molecule has 1 aromatic carbocycles. The fraction of sp³-hybridized carbons (Fsp3) is 0.294. The molecule has 2 rings (SSSR count). The van der Waals surface area contributed by atoms with Crippen molar-refractivity contribution in [3.05, 3.63) is 48.2 Å². The maximum atomic E-state index is 13.2. The second-order valence-corrected chi connectivity index (χ2v) is 6.07. The molecule has 0 atom stereocenters. The van der Waals surface area contributed by atoms with Crippen LogP contribution in [0.1, 0.15) is 26.3 Å². The number of hydrogen-bond acceptors (Lipinski definition) is 3. The van der Waals surface area contributed by atoms with Crippen molar-refractivity contribution in [1.82, 2.24) is 4.98 Å². The SMILES string of the molecule is CC(C)(C)OC(=O)Nc1ccccc1-c1ncccc1C(F)(F)F. The minimum atomic E-state index is -4.55. The van der Waals surface area contributed by atoms with E-state index in [9.17, 15) is 18.0 Å². The average molecular weight is 338 g/mol. The second kappa shape index (κ2) is 6.51. The van der Waals surface area contributed by atoms with E-state index in [1.807, 2.05) is 0 Å².